The fourth-order valence-corrected chi connectivity index (χ4v) is 5.15. The van der Waals surface area contributed by atoms with E-state index in [1.54, 1.807) is 18.4 Å². The molecule has 0 bridgehead atoms. The summed E-state index contributed by atoms with van der Waals surface area (Å²) in [6.07, 6.45) is 2.34. The Morgan fingerprint density at radius 2 is 2.14 bits per heavy atom. The Bertz CT molecular complexity index is 962. The number of hydrogen-bond donors (Lipinski definition) is 1. The zero-order valence-corrected chi connectivity index (χ0v) is 17.3. The summed E-state index contributed by atoms with van der Waals surface area (Å²) in [7, 11) is 3.79. The number of aryl methyl sites for hydroxylation is 1. The van der Waals surface area contributed by atoms with Gasteiger partial charge in [-0.2, -0.15) is 0 Å². The first-order chi connectivity index (χ1) is 13.7. The van der Waals surface area contributed by atoms with Gasteiger partial charge in [-0.3, -0.25) is 9.69 Å². The molecule has 3 aromatic rings. The number of amides is 1. The Kier molecular flexibility index (Phi) is 5.80. The molecule has 1 unspecified atom stereocenters. The third-order valence-electron chi connectivity index (χ3n) is 5.55. The van der Waals surface area contributed by atoms with E-state index in [2.05, 4.69) is 58.2 Å². The zero-order valence-electron chi connectivity index (χ0n) is 16.5. The monoisotopic (exact) mass is 397 g/mol. The van der Waals surface area contributed by atoms with Crippen LogP contribution in [0.1, 0.15) is 39.1 Å². The highest BCUT2D eigenvalue weighted by Gasteiger charge is 2.28. The van der Waals surface area contributed by atoms with E-state index in [9.17, 15) is 4.79 Å². The topological polar surface area (TPSA) is 46.5 Å². The van der Waals surface area contributed by atoms with Crippen molar-refractivity contribution in [2.45, 2.75) is 25.4 Å². The number of likely N-dealkylation sites (tertiary alicyclic amines) is 1. The van der Waals surface area contributed by atoms with Gasteiger partial charge in [-0.25, -0.2) is 0 Å². The van der Waals surface area contributed by atoms with E-state index in [0.29, 0.717) is 19.2 Å². The molecule has 2 aromatic heterocycles. The molecule has 1 aliphatic heterocycles. The maximum Gasteiger partial charge on any atom is 0.261 e. The summed E-state index contributed by atoms with van der Waals surface area (Å²) in [5, 5.41) is 4.20. The number of carbonyl (C=O) groups excluding carboxylic acids is 1. The second-order valence-electron chi connectivity index (χ2n) is 7.33. The van der Waals surface area contributed by atoms with Gasteiger partial charge in [-0.15, -0.1) is 11.3 Å². The quantitative estimate of drug-likeness (QED) is 0.614. The van der Waals surface area contributed by atoms with E-state index in [-0.39, 0.29) is 5.91 Å². The SMILES string of the molecule is COCCNC(=O)c1ccc(C2CCCN2Cc2cc3ccccc3n2C)s1. The fraction of sp³-hybridized carbons (Fsp3) is 0.409. The molecule has 1 atom stereocenters. The smallest absolute Gasteiger partial charge is 0.261 e. The van der Waals surface area contributed by atoms with Crippen molar-refractivity contribution in [3.05, 3.63) is 57.9 Å². The van der Waals surface area contributed by atoms with Crippen molar-refractivity contribution in [3.63, 3.8) is 0 Å². The summed E-state index contributed by atoms with van der Waals surface area (Å²) in [6.45, 7) is 3.10. The van der Waals surface area contributed by atoms with Gasteiger partial charge in [0.25, 0.3) is 5.91 Å². The largest absolute Gasteiger partial charge is 0.383 e. The third-order valence-corrected chi connectivity index (χ3v) is 6.74. The van der Waals surface area contributed by atoms with Gasteiger partial charge < -0.3 is 14.6 Å². The molecule has 1 saturated heterocycles. The Morgan fingerprint density at radius 1 is 1.29 bits per heavy atom. The van der Waals surface area contributed by atoms with Crippen LogP contribution < -0.4 is 5.32 Å². The molecule has 4 rings (SSSR count). The van der Waals surface area contributed by atoms with Gasteiger partial charge in [-0.1, -0.05) is 18.2 Å². The lowest BCUT2D eigenvalue weighted by Gasteiger charge is -2.23. The number of para-hydroxylation sites is 1. The van der Waals surface area contributed by atoms with E-state index in [1.807, 2.05) is 6.07 Å². The minimum Gasteiger partial charge on any atom is -0.383 e. The van der Waals surface area contributed by atoms with E-state index < -0.39 is 0 Å². The Labute approximate surface area is 169 Å². The van der Waals surface area contributed by atoms with Crippen molar-refractivity contribution in [1.82, 2.24) is 14.8 Å². The third kappa shape index (κ3) is 3.85. The summed E-state index contributed by atoms with van der Waals surface area (Å²) >= 11 is 1.62. The fourth-order valence-electron chi connectivity index (χ4n) is 4.05. The molecule has 1 fully saturated rings. The van der Waals surface area contributed by atoms with Gasteiger partial charge in [0.05, 0.1) is 11.5 Å². The molecule has 1 aliphatic rings. The van der Waals surface area contributed by atoms with Crippen molar-refractivity contribution in [3.8, 4) is 0 Å². The van der Waals surface area contributed by atoms with Crippen LogP contribution in [0.3, 0.4) is 0 Å². The summed E-state index contributed by atoms with van der Waals surface area (Å²) in [6, 6.07) is 15.3. The van der Waals surface area contributed by atoms with Crippen LogP contribution in [0, 0.1) is 0 Å². The molecular weight excluding hydrogens is 370 g/mol. The second kappa shape index (κ2) is 8.47. The zero-order chi connectivity index (χ0) is 19.5. The molecule has 3 heterocycles. The number of benzene rings is 1. The number of fused-ring (bicyclic) bond motifs is 1. The average molecular weight is 398 g/mol. The van der Waals surface area contributed by atoms with Crippen LogP contribution in [-0.4, -0.2) is 42.2 Å². The minimum absolute atomic E-state index is 0.00784. The molecule has 148 valence electrons. The van der Waals surface area contributed by atoms with Gasteiger partial charge in [0, 0.05) is 49.4 Å². The van der Waals surface area contributed by atoms with Crippen molar-refractivity contribution in [2.75, 3.05) is 26.8 Å². The lowest BCUT2D eigenvalue weighted by atomic mass is 10.2. The number of nitrogens with zero attached hydrogens (tertiary/aromatic N) is 2. The molecule has 0 saturated carbocycles. The first-order valence-corrected chi connectivity index (χ1v) is 10.6. The second-order valence-corrected chi connectivity index (χ2v) is 8.45. The summed E-state index contributed by atoms with van der Waals surface area (Å²) in [5.41, 5.74) is 2.61. The standard InChI is InChI=1S/C22H27N3O2S/c1-24-17(14-16-6-3-4-7-18(16)24)15-25-12-5-8-19(25)20-9-10-21(28-20)22(26)23-11-13-27-2/h3-4,6-7,9-10,14,19H,5,8,11-13,15H2,1-2H3,(H,23,26). The lowest BCUT2D eigenvalue weighted by molar-refractivity contribution is 0.0941. The molecule has 0 aliphatic carbocycles. The van der Waals surface area contributed by atoms with Crippen molar-refractivity contribution in [1.29, 1.82) is 0 Å². The highest BCUT2D eigenvalue weighted by molar-refractivity contribution is 7.14. The predicted octanol–water partition coefficient (Wildman–Crippen LogP) is 3.95. The number of ether oxygens (including phenoxy) is 1. The van der Waals surface area contributed by atoms with E-state index >= 15 is 0 Å². The van der Waals surface area contributed by atoms with Crippen LogP contribution >= 0.6 is 11.3 Å². The number of nitrogens with one attached hydrogen (secondary N) is 1. The van der Waals surface area contributed by atoms with Crippen LogP contribution in [0.25, 0.3) is 10.9 Å². The maximum absolute atomic E-state index is 12.3. The van der Waals surface area contributed by atoms with Crippen LogP contribution in [0.4, 0.5) is 0 Å². The average Bonchev–Trinajstić information content (AvgIpc) is 3.42. The molecule has 0 spiro atoms. The van der Waals surface area contributed by atoms with Gasteiger partial charge in [-0.05, 0) is 49.0 Å². The van der Waals surface area contributed by atoms with Crippen LogP contribution in [0.15, 0.2) is 42.5 Å². The van der Waals surface area contributed by atoms with Crippen molar-refractivity contribution < 1.29 is 9.53 Å². The molecule has 1 amide bonds. The van der Waals surface area contributed by atoms with Crippen molar-refractivity contribution >= 4 is 28.1 Å². The molecule has 6 heteroatoms. The molecule has 1 N–H and O–H groups in total. The Hall–Kier alpha value is -2.15. The normalized spacial score (nSPS) is 17.4. The number of aromatic nitrogens is 1. The Balaban J connectivity index is 1.48. The molecule has 28 heavy (non-hydrogen) atoms. The van der Waals surface area contributed by atoms with E-state index in [1.165, 1.54) is 27.9 Å². The minimum atomic E-state index is -0.00784. The number of rotatable bonds is 7. The molecule has 0 radical (unpaired) electrons. The lowest BCUT2D eigenvalue weighted by Crippen LogP contribution is -2.26. The number of thiophene rings is 1. The van der Waals surface area contributed by atoms with E-state index in [4.69, 9.17) is 4.74 Å². The highest BCUT2D eigenvalue weighted by atomic mass is 32.1. The van der Waals surface area contributed by atoms with E-state index in [0.717, 1.165) is 24.4 Å². The predicted molar refractivity (Wildman–Crippen MR) is 114 cm³/mol. The van der Waals surface area contributed by atoms with Gasteiger partial charge in [0.2, 0.25) is 0 Å². The maximum atomic E-state index is 12.3. The first-order valence-electron chi connectivity index (χ1n) is 9.81. The van der Waals surface area contributed by atoms with Crippen molar-refractivity contribution in [2.24, 2.45) is 7.05 Å². The van der Waals surface area contributed by atoms with Gasteiger partial charge in [0.1, 0.15) is 0 Å². The number of carbonyl (C=O) groups is 1. The van der Waals surface area contributed by atoms with Gasteiger partial charge in [0.15, 0.2) is 0 Å². The molecule has 1 aromatic carbocycles. The number of hydrogen-bond acceptors (Lipinski definition) is 4. The first kappa shape index (κ1) is 19.2. The van der Waals surface area contributed by atoms with Crippen LogP contribution in [0.5, 0.6) is 0 Å². The summed E-state index contributed by atoms with van der Waals surface area (Å²) in [5.74, 6) is -0.00784. The van der Waals surface area contributed by atoms with Gasteiger partial charge >= 0.3 is 0 Å². The summed E-state index contributed by atoms with van der Waals surface area (Å²) in [4.78, 5) is 16.9. The highest BCUT2D eigenvalue weighted by Crippen LogP contribution is 2.37. The molecular formula is C22H27N3O2S. The summed E-state index contributed by atoms with van der Waals surface area (Å²) < 4.78 is 7.30. The Morgan fingerprint density at radius 3 is 2.96 bits per heavy atom. The number of methoxy groups -OCH3 is 1. The van der Waals surface area contributed by atoms with Crippen LogP contribution in [0.2, 0.25) is 0 Å². The molecule has 5 nitrogen and oxygen atoms in total. The van der Waals surface area contributed by atoms with Crippen LogP contribution in [-0.2, 0) is 18.3 Å².